The first kappa shape index (κ1) is 21.2. The van der Waals surface area contributed by atoms with Crippen molar-refractivity contribution in [3.63, 3.8) is 0 Å². The Balaban J connectivity index is 2.25. The van der Waals surface area contributed by atoms with Gasteiger partial charge in [-0.25, -0.2) is 0 Å². The van der Waals surface area contributed by atoms with E-state index in [0.29, 0.717) is 27.7 Å². The Hall–Kier alpha value is -1.56. The highest BCUT2D eigenvalue weighted by atomic mass is 79.9. The summed E-state index contributed by atoms with van der Waals surface area (Å²) in [5.41, 5.74) is 3.36. The molecule has 2 aromatic rings. The molecule has 0 radical (unpaired) electrons. The van der Waals surface area contributed by atoms with Crippen LogP contribution in [-0.2, 0) is 4.79 Å². The van der Waals surface area contributed by atoms with Gasteiger partial charge in [0.15, 0.2) is 0 Å². The van der Waals surface area contributed by atoms with Gasteiger partial charge >= 0.3 is 0 Å². The first-order valence-corrected chi connectivity index (χ1v) is 10.8. The molecule has 6 heteroatoms. The van der Waals surface area contributed by atoms with Crippen LogP contribution < -0.4 is 4.74 Å². The molecule has 1 amide bonds. The minimum atomic E-state index is -0.0657. The number of ether oxygens (including phenoxy) is 1. The number of methoxy groups -OCH3 is 1. The molecule has 3 rings (SSSR count). The first-order valence-electron chi connectivity index (χ1n) is 8.85. The van der Waals surface area contributed by atoms with Gasteiger partial charge in [0.2, 0.25) is 0 Å². The monoisotopic (exact) mass is 523 g/mol. The third-order valence-corrected chi connectivity index (χ3v) is 6.07. The molecule has 28 heavy (non-hydrogen) atoms. The quantitative estimate of drug-likeness (QED) is 0.432. The predicted molar refractivity (Wildman–Crippen MR) is 123 cm³/mol. The minimum Gasteiger partial charge on any atom is -0.496 e. The van der Waals surface area contributed by atoms with Gasteiger partial charge in [-0.2, -0.15) is 0 Å². The second-order valence-corrected chi connectivity index (χ2v) is 8.98. The summed E-state index contributed by atoms with van der Waals surface area (Å²) in [6, 6.07) is 13.3. The normalized spacial score (nSPS) is 15.9. The second-order valence-electron chi connectivity index (χ2n) is 6.89. The fourth-order valence-corrected chi connectivity index (χ4v) is 4.35. The van der Waals surface area contributed by atoms with E-state index in [-0.39, 0.29) is 5.91 Å². The zero-order valence-electron chi connectivity index (χ0n) is 15.8. The zero-order valence-corrected chi connectivity index (χ0v) is 19.7. The molecule has 0 spiro atoms. The highest BCUT2D eigenvalue weighted by Crippen LogP contribution is 2.44. The first-order chi connectivity index (χ1) is 13.3. The van der Waals surface area contributed by atoms with Crippen molar-refractivity contribution in [2.75, 3.05) is 13.7 Å². The standard InChI is InChI=1S/C22H20Br2ClNO2/c1-13(2)12-26-18(10-14-6-4-5-7-17(14)23)20(21(24)22(26)27)16-11-15(25)8-9-19(16)28-3/h4-11,13H,12H2,1-3H3/b18-10-. The molecule has 3 nitrogen and oxygen atoms in total. The average molecular weight is 526 g/mol. The molecule has 2 aromatic carbocycles. The number of amides is 1. The van der Waals surface area contributed by atoms with Crippen LogP contribution >= 0.6 is 43.5 Å². The molecule has 0 saturated heterocycles. The number of carbonyl (C=O) groups is 1. The fraction of sp³-hybridized carbons (Fsp3) is 0.227. The maximum atomic E-state index is 13.1. The van der Waals surface area contributed by atoms with Crippen LogP contribution in [0.1, 0.15) is 25.0 Å². The summed E-state index contributed by atoms with van der Waals surface area (Å²) in [4.78, 5) is 14.9. The van der Waals surface area contributed by atoms with E-state index in [1.54, 1.807) is 13.2 Å². The van der Waals surface area contributed by atoms with Gasteiger partial charge in [0, 0.05) is 27.2 Å². The third kappa shape index (κ3) is 4.22. The summed E-state index contributed by atoms with van der Waals surface area (Å²) in [5.74, 6) is 0.907. The fourth-order valence-electron chi connectivity index (χ4n) is 3.15. The van der Waals surface area contributed by atoms with E-state index >= 15 is 0 Å². The van der Waals surface area contributed by atoms with Crippen molar-refractivity contribution in [3.8, 4) is 5.75 Å². The van der Waals surface area contributed by atoms with Crippen molar-refractivity contribution in [1.82, 2.24) is 4.90 Å². The van der Waals surface area contributed by atoms with Crippen LogP contribution in [0.25, 0.3) is 11.6 Å². The van der Waals surface area contributed by atoms with Crippen molar-refractivity contribution in [1.29, 1.82) is 0 Å². The van der Waals surface area contributed by atoms with E-state index in [0.717, 1.165) is 26.9 Å². The molecular formula is C22H20Br2ClNO2. The van der Waals surface area contributed by atoms with Crippen molar-refractivity contribution < 1.29 is 9.53 Å². The van der Waals surface area contributed by atoms with Crippen LogP contribution in [-0.4, -0.2) is 24.5 Å². The van der Waals surface area contributed by atoms with E-state index < -0.39 is 0 Å². The summed E-state index contributed by atoms with van der Waals surface area (Å²) >= 11 is 13.4. The van der Waals surface area contributed by atoms with Gasteiger partial charge in [0.25, 0.3) is 5.91 Å². The lowest BCUT2D eigenvalue weighted by Gasteiger charge is -2.23. The predicted octanol–water partition coefficient (Wildman–Crippen LogP) is 6.76. The van der Waals surface area contributed by atoms with Gasteiger partial charge < -0.3 is 9.64 Å². The lowest BCUT2D eigenvalue weighted by Crippen LogP contribution is -2.29. The van der Waals surface area contributed by atoms with Crippen molar-refractivity contribution in [2.24, 2.45) is 5.92 Å². The van der Waals surface area contributed by atoms with Gasteiger partial charge in [-0.3, -0.25) is 4.79 Å². The average Bonchev–Trinajstić information content (AvgIpc) is 2.87. The van der Waals surface area contributed by atoms with Gasteiger partial charge in [-0.15, -0.1) is 0 Å². The summed E-state index contributed by atoms with van der Waals surface area (Å²) in [7, 11) is 1.61. The van der Waals surface area contributed by atoms with Crippen LogP contribution in [0.5, 0.6) is 5.75 Å². The summed E-state index contributed by atoms with van der Waals surface area (Å²) in [6.45, 7) is 4.79. The van der Waals surface area contributed by atoms with Gasteiger partial charge in [-0.1, -0.05) is 59.6 Å². The molecule has 0 aliphatic carbocycles. The second kappa shape index (κ2) is 8.85. The maximum absolute atomic E-state index is 13.1. The molecule has 0 unspecified atom stereocenters. The summed E-state index contributed by atoms with van der Waals surface area (Å²) in [6.07, 6.45) is 2.02. The number of hydrogen-bond donors (Lipinski definition) is 0. The Bertz CT molecular complexity index is 982. The maximum Gasteiger partial charge on any atom is 0.266 e. The van der Waals surface area contributed by atoms with Crippen LogP contribution in [0.15, 0.2) is 57.1 Å². The van der Waals surface area contributed by atoms with Crippen LogP contribution in [0.2, 0.25) is 5.02 Å². The number of carbonyl (C=O) groups excluding carboxylic acids is 1. The Morgan fingerprint density at radius 1 is 1.18 bits per heavy atom. The van der Waals surface area contributed by atoms with Crippen molar-refractivity contribution in [3.05, 3.63) is 73.3 Å². The molecule has 0 N–H and O–H groups in total. The highest BCUT2D eigenvalue weighted by Gasteiger charge is 2.36. The number of rotatable bonds is 5. The molecule has 1 aliphatic heterocycles. The molecule has 0 atom stereocenters. The largest absolute Gasteiger partial charge is 0.496 e. The lowest BCUT2D eigenvalue weighted by molar-refractivity contribution is -0.123. The number of allylic oxidation sites excluding steroid dienone is 1. The topological polar surface area (TPSA) is 29.5 Å². The molecular weight excluding hydrogens is 506 g/mol. The minimum absolute atomic E-state index is 0.0657. The highest BCUT2D eigenvalue weighted by molar-refractivity contribution is 9.12. The Kier molecular flexibility index (Phi) is 6.69. The smallest absolute Gasteiger partial charge is 0.266 e. The molecule has 0 fully saturated rings. The molecule has 146 valence electrons. The van der Waals surface area contributed by atoms with E-state index in [1.807, 2.05) is 47.4 Å². The molecule has 1 aliphatic rings. The van der Waals surface area contributed by atoms with Crippen LogP contribution in [0.4, 0.5) is 0 Å². The number of hydrogen-bond acceptors (Lipinski definition) is 2. The van der Waals surface area contributed by atoms with Gasteiger partial charge in [0.1, 0.15) is 5.75 Å². The Morgan fingerprint density at radius 2 is 1.89 bits per heavy atom. The molecule has 0 aromatic heterocycles. The Morgan fingerprint density at radius 3 is 2.54 bits per heavy atom. The van der Waals surface area contributed by atoms with E-state index in [2.05, 4.69) is 45.7 Å². The van der Waals surface area contributed by atoms with Crippen LogP contribution in [0.3, 0.4) is 0 Å². The molecule has 0 bridgehead atoms. The SMILES string of the molecule is COc1ccc(Cl)cc1C1=C(Br)C(=O)N(CC(C)C)/C1=C\c1ccccc1Br. The number of halogens is 3. The summed E-state index contributed by atoms with van der Waals surface area (Å²) in [5, 5.41) is 0.582. The van der Waals surface area contributed by atoms with E-state index in [9.17, 15) is 4.79 Å². The number of benzene rings is 2. The summed E-state index contributed by atoms with van der Waals surface area (Å²) < 4.78 is 7.02. The van der Waals surface area contributed by atoms with Crippen molar-refractivity contribution in [2.45, 2.75) is 13.8 Å². The molecule has 1 heterocycles. The van der Waals surface area contributed by atoms with Crippen LogP contribution in [0, 0.1) is 5.92 Å². The Labute approximate surface area is 187 Å². The van der Waals surface area contributed by atoms with Gasteiger partial charge in [0.05, 0.1) is 17.3 Å². The molecule has 0 saturated carbocycles. The van der Waals surface area contributed by atoms with Gasteiger partial charge in [-0.05, 0) is 57.8 Å². The number of nitrogens with zero attached hydrogens (tertiary/aromatic N) is 1. The third-order valence-electron chi connectivity index (χ3n) is 4.38. The van der Waals surface area contributed by atoms with Crippen molar-refractivity contribution >= 4 is 61.0 Å². The van der Waals surface area contributed by atoms with E-state index in [1.165, 1.54) is 0 Å². The zero-order chi connectivity index (χ0) is 20.4. The lowest BCUT2D eigenvalue weighted by atomic mass is 10.0. The van der Waals surface area contributed by atoms with E-state index in [4.69, 9.17) is 16.3 Å².